The van der Waals surface area contributed by atoms with E-state index in [1.54, 1.807) is 30.3 Å². The molecule has 0 aliphatic carbocycles. The number of carbonyl (C=O) groups excluding carboxylic acids is 3. The number of anilines is 1. The average molecular weight is 665 g/mol. The number of nitrogens with one attached hydrogen (secondary N) is 1. The van der Waals surface area contributed by atoms with E-state index in [4.69, 9.17) is 16.3 Å². The monoisotopic (exact) mass is 662 g/mol. The Kier molecular flexibility index (Phi) is 8.79. The molecular formula is C27H21Br2ClN2O4S. The third kappa shape index (κ3) is 6.65. The van der Waals surface area contributed by atoms with Crippen LogP contribution in [-0.2, 0) is 16.2 Å². The molecule has 1 heterocycles. The molecule has 37 heavy (non-hydrogen) atoms. The first kappa shape index (κ1) is 27.4. The van der Waals surface area contributed by atoms with Crippen LogP contribution in [0.25, 0.3) is 6.08 Å². The summed E-state index contributed by atoms with van der Waals surface area (Å²) >= 11 is 14.0. The van der Waals surface area contributed by atoms with Gasteiger partial charge in [0, 0.05) is 16.3 Å². The Morgan fingerprint density at radius 2 is 1.78 bits per heavy atom. The van der Waals surface area contributed by atoms with E-state index in [1.165, 1.54) is 0 Å². The summed E-state index contributed by atoms with van der Waals surface area (Å²) in [7, 11) is 0. The number of ether oxygens (including phenoxy) is 1. The molecule has 1 fully saturated rings. The molecule has 0 aromatic heterocycles. The minimum absolute atomic E-state index is 0.229. The van der Waals surface area contributed by atoms with Gasteiger partial charge in [-0.2, -0.15) is 0 Å². The number of hydrogen-bond donors (Lipinski definition) is 1. The maximum atomic E-state index is 12.9. The molecule has 0 spiro atoms. The SMILES string of the molecule is Cc1ccc(NC(=O)CN2C(=O)S/C(=C/c3cc(Br)c(OCc4ccccc4Cl)c(Br)c3)C2=O)c(C)c1. The van der Waals surface area contributed by atoms with E-state index in [0.717, 1.165) is 33.4 Å². The van der Waals surface area contributed by atoms with Crippen molar-refractivity contribution in [3.63, 3.8) is 0 Å². The van der Waals surface area contributed by atoms with Crippen molar-refractivity contribution in [3.8, 4) is 5.75 Å². The number of halogens is 3. The molecule has 190 valence electrons. The van der Waals surface area contributed by atoms with Crippen LogP contribution in [0.1, 0.15) is 22.3 Å². The molecule has 3 aromatic carbocycles. The Morgan fingerprint density at radius 3 is 2.46 bits per heavy atom. The summed E-state index contributed by atoms with van der Waals surface area (Å²) in [6.07, 6.45) is 1.61. The van der Waals surface area contributed by atoms with E-state index in [2.05, 4.69) is 37.2 Å². The molecule has 0 radical (unpaired) electrons. The van der Waals surface area contributed by atoms with Crippen molar-refractivity contribution in [1.82, 2.24) is 4.90 Å². The Bertz CT molecular complexity index is 1420. The molecule has 4 rings (SSSR count). The van der Waals surface area contributed by atoms with Gasteiger partial charge in [-0.25, -0.2) is 0 Å². The van der Waals surface area contributed by atoms with Crippen molar-refractivity contribution >= 4 is 84.0 Å². The van der Waals surface area contributed by atoms with Gasteiger partial charge >= 0.3 is 0 Å². The molecule has 10 heteroatoms. The predicted molar refractivity (Wildman–Crippen MR) is 155 cm³/mol. The number of amides is 3. The highest BCUT2D eigenvalue weighted by Crippen LogP contribution is 2.38. The lowest BCUT2D eigenvalue weighted by Gasteiger charge is -2.14. The fourth-order valence-electron chi connectivity index (χ4n) is 3.64. The second-order valence-corrected chi connectivity index (χ2v) is 11.4. The number of benzene rings is 3. The van der Waals surface area contributed by atoms with E-state index in [0.29, 0.717) is 31.0 Å². The van der Waals surface area contributed by atoms with Gasteiger partial charge in [-0.3, -0.25) is 19.3 Å². The molecule has 0 bridgehead atoms. The standard InChI is InChI=1S/C27H21Br2ClN2O4S/c1-15-7-8-22(16(2)9-15)31-24(33)13-32-26(34)23(37-27(32)35)12-17-10-19(28)25(20(29)11-17)36-14-18-5-3-4-6-21(18)30/h3-12H,13-14H2,1-2H3,(H,31,33)/b23-12+. The normalized spacial score (nSPS) is 14.4. The molecule has 1 N–H and O–H groups in total. The predicted octanol–water partition coefficient (Wildman–Crippen LogP) is 7.74. The second kappa shape index (κ2) is 11.9. The highest BCUT2D eigenvalue weighted by atomic mass is 79.9. The van der Waals surface area contributed by atoms with E-state index in [1.807, 2.05) is 44.2 Å². The van der Waals surface area contributed by atoms with Crippen molar-refractivity contribution in [1.29, 1.82) is 0 Å². The van der Waals surface area contributed by atoms with E-state index < -0.39 is 17.1 Å². The fraction of sp³-hybridized carbons (Fsp3) is 0.148. The summed E-state index contributed by atoms with van der Waals surface area (Å²) in [5.74, 6) is -0.383. The maximum Gasteiger partial charge on any atom is 0.294 e. The van der Waals surface area contributed by atoms with E-state index >= 15 is 0 Å². The third-order valence-electron chi connectivity index (χ3n) is 5.48. The van der Waals surface area contributed by atoms with Crippen LogP contribution in [-0.4, -0.2) is 28.5 Å². The van der Waals surface area contributed by atoms with Gasteiger partial charge in [0.2, 0.25) is 5.91 Å². The Labute approximate surface area is 240 Å². The largest absolute Gasteiger partial charge is 0.486 e. The molecule has 0 saturated carbocycles. The van der Waals surface area contributed by atoms with Crippen LogP contribution in [0, 0.1) is 13.8 Å². The molecular weight excluding hydrogens is 644 g/mol. The van der Waals surface area contributed by atoms with Gasteiger partial charge in [0.15, 0.2) is 0 Å². The van der Waals surface area contributed by atoms with Crippen LogP contribution in [0.3, 0.4) is 0 Å². The Morgan fingerprint density at radius 1 is 1.08 bits per heavy atom. The minimum atomic E-state index is -0.517. The molecule has 1 saturated heterocycles. The van der Waals surface area contributed by atoms with Crippen LogP contribution in [0.4, 0.5) is 10.5 Å². The number of carbonyl (C=O) groups is 3. The number of thioether (sulfide) groups is 1. The highest BCUT2D eigenvalue weighted by Gasteiger charge is 2.36. The van der Waals surface area contributed by atoms with Crippen molar-refractivity contribution in [2.45, 2.75) is 20.5 Å². The number of nitrogens with zero attached hydrogens (tertiary/aromatic N) is 1. The molecule has 0 unspecified atom stereocenters. The molecule has 0 atom stereocenters. The van der Waals surface area contributed by atoms with Gasteiger partial charge in [0.1, 0.15) is 18.9 Å². The van der Waals surface area contributed by atoms with Gasteiger partial charge in [-0.05, 0) is 98.9 Å². The number of imide groups is 1. The Hall–Kier alpha value is -2.59. The maximum absolute atomic E-state index is 12.9. The van der Waals surface area contributed by atoms with E-state index in [-0.39, 0.29) is 18.1 Å². The molecule has 1 aliphatic rings. The van der Waals surface area contributed by atoms with Crippen molar-refractivity contribution in [2.75, 3.05) is 11.9 Å². The first-order chi connectivity index (χ1) is 17.6. The second-order valence-electron chi connectivity index (χ2n) is 8.33. The van der Waals surface area contributed by atoms with Crippen LogP contribution in [0.2, 0.25) is 5.02 Å². The fourth-order valence-corrected chi connectivity index (χ4v) is 6.12. The molecule has 1 aliphatic heterocycles. The zero-order chi connectivity index (χ0) is 26.7. The first-order valence-electron chi connectivity index (χ1n) is 11.1. The lowest BCUT2D eigenvalue weighted by atomic mass is 10.1. The van der Waals surface area contributed by atoms with Crippen molar-refractivity contribution < 1.29 is 19.1 Å². The van der Waals surface area contributed by atoms with Gasteiger partial charge in [0.05, 0.1) is 13.9 Å². The van der Waals surface area contributed by atoms with Crippen molar-refractivity contribution in [2.24, 2.45) is 0 Å². The summed E-state index contributed by atoms with van der Waals surface area (Å²) in [4.78, 5) is 39.2. The molecule has 3 amide bonds. The average Bonchev–Trinajstić information content (AvgIpc) is 3.08. The summed E-state index contributed by atoms with van der Waals surface area (Å²) in [6.45, 7) is 3.76. The summed E-state index contributed by atoms with van der Waals surface area (Å²) < 4.78 is 7.26. The zero-order valence-electron chi connectivity index (χ0n) is 19.8. The number of rotatable bonds is 7. The van der Waals surface area contributed by atoms with Crippen LogP contribution in [0.15, 0.2) is 68.4 Å². The number of aryl methyl sites for hydroxylation is 2. The van der Waals surface area contributed by atoms with Crippen molar-refractivity contribution in [3.05, 3.63) is 95.7 Å². The van der Waals surface area contributed by atoms with Crippen LogP contribution >= 0.6 is 55.2 Å². The molecule has 3 aromatic rings. The summed E-state index contributed by atoms with van der Waals surface area (Å²) in [5, 5.41) is 2.89. The van der Waals surface area contributed by atoms with Crippen LogP contribution in [0.5, 0.6) is 5.75 Å². The molecule has 6 nitrogen and oxygen atoms in total. The van der Waals surface area contributed by atoms with Gasteiger partial charge < -0.3 is 10.1 Å². The van der Waals surface area contributed by atoms with Gasteiger partial charge in [-0.1, -0.05) is 47.5 Å². The third-order valence-corrected chi connectivity index (χ3v) is 7.93. The van der Waals surface area contributed by atoms with Gasteiger partial charge in [-0.15, -0.1) is 0 Å². The van der Waals surface area contributed by atoms with Gasteiger partial charge in [0.25, 0.3) is 11.1 Å². The summed E-state index contributed by atoms with van der Waals surface area (Å²) in [6, 6.07) is 16.6. The zero-order valence-corrected chi connectivity index (χ0v) is 24.6. The first-order valence-corrected chi connectivity index (χ1v) is 13.9. The lowest BCUT2D eigenvalue weighted by Crippen LogP contribution is -2.36. The summed E-state index contributed by atoms with van der Waals surface area (Å²) in [5.41, 5.74) is 4.14. The topological polar surface area (TPSA) is 75.7 Å². The smallest absolute Gasteiger partial charge is 0.294 e. The Balaban J connectivity index is 1.45. The lowest BCUT2D eigenvalue weighted by molar-refractivity contribution is -0.127. The van der Waals surface area contributed by atoms with Crippen LogP contribution < -0.4 is 10.1 Å². The van der Waals surface area contributed by atoms with E-state index in [9.17, 15) is 14.4 Å². The highest BCUT2D eigenvalue weighted by molar-refractivity contribution is 9.11. The number of hydrogen-bond acceptors (Lipinski definition) is 5. The minimum Gasteiger partial charge on any atom is -0.486 e. The quantitative estimate of drug-likeness (QED) is 0.262.